The molecule has 2 unspecified atom stereocenters. The Balaban J connectivity index is 1.74. The summed E-state index contributed by atoms with van der Waals surface area (Å²) in [6, 6.07) is 5.77. The summed E-state index contributed by atoms with van der Waals surface area (Å²) < 4.78 is 13.9. The molecule has 19 heavy (non-hydrogen) atoms. The minimum absolute atomic E-state index is 0.155. The first-order valence-electron chi connectivity index (χ1n) is 7.52. The van der Waals surface area contributed by atoms with E-state index in [4.69, 9.17) is 5.73 Å². The largest absolute Gasteiger partial charge is 0.399 e. The molecule has 0 bridgehead atoms. The Labute approximate surface area is 114 Å². The van der Waals surface area contributed by atoms with E-state index < -0.39 is 0 Å². The van der Waals surface area contributed by atoms with Crippen molar-refractivity contribution in [3.63, 3.8) is 0 Å². The van der Waals surface area contributed by atoms with Crippen molar-refractivity contribution in [1.82, 2.24) is 4.90 Å². The number of likely N-dealkylation sites (tertiary alicyclic amines) is 1. The van der Waals surface area contributed by atoms with Crippen molar-refractivity contribution in [2.24, 2.45) is 5.92 Å². The maximum Gasteiger partial charge on any atom is 0.129 e. The van der Waals surface area contributed by atoms with E-state index in [-0.39, 0.29) is 5.82 Å². The van der Waals surface area contributed by atoms with Crippen molar-refractivity contribution >= 4 is 5.69 Å². The average Bonchev–Trinajstić information content (AvgIpc) is 2.42. The van der Waals surface area contributed by atoms with Crippen LogP contribution in [0.5, 0.6) is 0 Å². The number of hydrogen-bond acceptors (Lipinski definition) is 2. The molecule has 2 fully saturated rings. The lowest BCUT2D eigenvalue weighted by Gasteiger charge is -2.44. The highest BCUT2D eigenvalue weighted by atomic mass is 19.1. The van der Waals surface area contributed by atoms with Gasteiger partial charge in [0.05, 0.1) is 0 Å². The second-order valence-corrected chi connectivity index (χ2v) is 6.08. The SMILES string of the molecule is Nc1ccc(CN2CCCC3CCCCC32)c(F)c1. The maximum absolute atomic E-state index is 13.9. The first-order chi connectivity index (χ1) is 9.24. The summed E-state index contributed by atoms with van der Waals surface area (Å²) in [4.78, 5) is 2.50. The van der Waals surface area contributed by atoms with Gasteiger partial charge in [-0.1, -0.05) is 18.9 Å². The van der Waals surface area contributed by atoms with E-state index in [9.17, 15) is 4.39 Å². The van der Waals surface area contributed by atoms with Gasteiger partial charge in [-0.25, -0.2) is 4.39 Å². The van der Waals surface area contributed by atoms with Gasteiger partial charge in [0.2, 0.25) is 0 Å². The number of hydrogen-bond donors (Lipinski definition) is 1. The first kappa shape index (κ1) is 12.9. The van der Waals surface area contributed by atoms with Crippen LogP contribution < -0.4 is 5.73 Å². The molecule has 1 aliphatic heterocycles. The van der Waals surface area contributed by atoms with Gasteiger partial charge in [0.1, 0.15) is 5.82 Å². The van der Waals surface area contributed by atoms with E-state index in [1.165, 1.54) is 44.6 Å². The molecule has 0 spiro atoms. The van der Waals surface area contributed by atoms with Gasteiger partial charge in [0, 0.05) is 23.8 Å². The molecule has 1 heterocycles. The van der Waals surface area contributed by atoms with Gasteiger partial charge < -0.3 is 5.73 Å². The third kappa shape index (κ3) is 2.76. The molecule has 0 aromatic heterocycles. The molecule has 104 valence electrons. The number of rotatable bonds is 2. The molecule has 2 nitrogen and oxygen atoms in total. The van der Waals surface area contributed by atoms with Crippen LogP contribution in [0.3, 0.4) is 0 Å². The Morgan fingerprint density at radius 1 is 1.16 bits per heavy atom. The molecule has 3 rings (SSSR count). The highest BCUT2D eigenvalue weighted by Crippen LogP contribution is 2.36. The molecule has 2 atom stereocenters. The van der Waals surface area contributed by atoms with Crippen LogP contribution in [0.4, 0.5) is 10.1 Å². The van der Waals surface area contributed by atoms with E-state index in [0.717, 1.165) is 24.6 Å². The molecule has 2 N–H and O–H groups in total. The number of nitrogens with two attached hydrogens (primary N) is 1. The van der Waals surface area contributed by atoms with E-state index in [1.807, 2.05) is 6.07 Å². The lowest BCUT2D eigenvalue weighted by atomic mass is 9.78. The lowest BCUT2D eigenvalue weighted by molar-refractivity contribution is 0.0539. The molecule has 1 aromatic rings. The van der Waals surface area contributed by atoms with Gasteiger partial charge in [-0.2, -0.15) is 0 Å². The van der Waals surface area contributed by atoms with Crippen molar-refractivity contribution in [2.45, 2.75) is 51.1 Å². The zero-order valence-electron chi connectivity index (χ0n) is 11.4. The van der Waals surface area contributed by atoms with Gasteiger partial charge in [-0.15, -0.1) is 0 Å². The number of anilines is 1. The molecular weight excluding hydrogens is 239 g/mol. The third-order valence-corrected chi connectivity index (χ3v) is 4.81. The van der Waals surface area contributed by atoms with Gasteiger partial charge in [-0.05, 0) is 50.3 Å². The minimum Gasteiger partial charge on any atom is -0.399 e. The monoisotopic (exact) mass is 262 g/mol. The molecule has 2 aliphatic rings. The Morgan fingerprint density at radius 2 is 1.95 bits per heavy atom. The number of halogens is 1. The second kappa shape index (κ2) is 5.49. The van der Waals surface area contributed by atoms with Crippen molar-refractivity contribution in [1.29, 1.82) is 0 Å². The van der Waals surface area contributed by atoms with Crippen LogP contribution in [-0.2, 0) is 6.54 Å². The zero-order chi connectivity index (χ0) is 13.2. The fourth-order valence-electron chi connectivity index (χ4n) is 3.83. The number of nitrogen functional groups attached to an aromatic ring is 1. The first-order valence-corrected chi connectivity index (χ1v) is 7.52. The molecule has 3 heteroatoms. The van der Waals surface area contributed by atoms with Crippen molar-refractivity contribution in [2.75, 3.05) is 12.3 Å². The molecular formula is C16H23FN2. The summed E-state index contributed by atoms with van der Waals surface area (Å²) in [6.07, 6.45) is 8.00. The number of piperidine rings is 1. The Morgan fingerprint density at radius 3 is 2.79 bits per heavy atom. The van der Waals surface area contributed by atoms with E-state index >= 15 is 0 Å². The summed E-state index contributed by atoms with van der Waals surface area (Å²) in [5, 5.41) is 0. The quantitative estimate of drug-likeness (QED) is 0.826. The van der Waals surface area contributed by atoms with Crippen LogP contribution in [0.25, 0.3) is 0 Å². The van der Waals surface area contributed by atoms with Crippen LogP contribution in [0.15, 0.2) is 18.2 Å². The third-order valence-electron chi connectivity index (χ3n) is 4.81. The second-order valence-electron chi connectivity index (χ2n) is 6.08. The zero-order valence-corrected chi connectivity index (χ0v) is 11.4. The van der Waals surface area contributed by atoms with E-state index in [1.54, 1.807) is 6.07 Å². The molecule has 1 saturated carbocycles. The highest BCUT2D eigenvalue weighted by Gasteiger charge is 2.33. The number of benzene rings is 1. The normalized spacial score (nSPS) is 28.1. The van der Waals surface area contributed by atoms with Crippen LogP contribution >= 0.6 is 0 Å². The molecule has 1 aromatic carbocycles. The highest BCUT2D eigenvalue weighted by molar-refractivity contribution is 5.40. The van der Waals surface area contributed by atoms with Crippen LogP contribution in [-0.4, -0.2) is 17.5 Å². The van der Waals surface area contributed by atoms with Crippen LogP contribution in [0.1, 0.15) is 44.1 Å². The summed E-state index contributed by atoms with van der Waals surface area (Å²) in [6.45, 7) is 1.86. The van der Waals surface area contributed by atoms with Gasteiger partial charge in [-0.3, -0.25) is 4.90 Å². The number of nitrogens with zero attached hydrogens (tertiary/aromatic N) is 1. The van der Waals surface area contributed by atoms with E-state index in [0.29, 0.717) is 11.7 Å². The summed E-state index contributed by atoms with van der Waals surface area (Å²) in [5.74, 6) is 0.692. The summed E-state index contributed by atoms with van der Waals surface area (Å²) >= 11 is 0. The van der Waals surface area contributed by atoms with Gasteiger partial charge in [0.25, 0.3) is 0 Å². The summed E-state index contributed by atoms with van der Waals surface area (Å²) in [7, 11) is 0. The Hall–Kier alpha value is -1.09. The van der Waals surface area contributed by atoms with Crippen molar-refractivity contribution in [3.05, 3.63) is 29.6 Å². The minimum atomic E-state index is -0.155. The molecule has 0 amide bonds. The molecule has 1 aliphatic carbocycles. The predicted molar refractivity (Wildman–Crippen MR) is 76.2 cm³/mol. The smallest absolute Gasteiger partial charge is 0.129 e. The maximum atomic E-state index is 13.9. The van der Waals surface area contributed by atoms with Crippen LogP contribution in [0, 0.1) is 11.7 Å². The standard InChI is InChI=1S/C16H23FN2/c17-15-10-14(18)8-7-13(15)11-19-9-3-5-12-4-1-2-6-16(12)19/h7-8,10,12,16H,1-6,9,11,18H2. The fourth-order valence-corrected chi connectivity index (χ4v) is 3.83. The Kier molecular flexibility index (Phi) is 3.74. The molecule has 1 saturated heterocycles. The fraction of sp³-hybridized carbons (Fsp3) is 0.625. The Bertz CT molecular complexity index is 444. The lowest BCUT2D eigenvalue weighted by Crippen LogP contribution is -2.46. The van der Waals surface area contributed by atoms with E-state index in [2.05, 4.69) is 4.90 Å². The van der Waals surface area contributed by atoms with Crippen molar-refractivity contribution in [3.8, 4) is 0 Å². The van der Waals surface area contributed by atoms with Crippen molar-refractivity contribution < 1.29 is 4.39 Å². The predicted octanol–water partition coefficient (Wildman–Crippen LogP) is 3.56. The van der Waals surface area contributed by atoms with Crippen LogP contribution in [0.2, 0.25) is 0 Å². The number of fused-ring (bicyclic) bond motifs is 1. The van der Waals surface area contributed by atoms with Gasteiger partial charge >= 0.3 is 0 Å². The molecule has 0 radical (unpaired) electrons. The van der Waals surface area contributed by atoms with Gasteiger partial charge in [0.15, 0.2) is 0 Å². The summed E-state index contributed by atoms with van der Waals surface area (Å²) in [5.41, 5.74) is 6.91. The average molecular weight is 262 g/mol. The topological polar surface area (TPSA) is 29.3 Å².